The smallest absolute Gasteiger partial charge is 0.0235 e. The van der Waals surface area contributed by atoms with E-state index in [0.717, 1.165) is 17.4 Å². The third kappa shape index (κ3) is 1.91. The largest absolute Gasteiger partial charge is 0.305 e. The minimum Gasteiger partial charge on any atom is -0.305 e. The minimum atomic E-state index is 0.758. The summed E-state index contributed by atoms with van der Waals surface area (Å²) in [4.78, 5) is 5.25. The molecule has 3 aliphatic rings. The van der Waals surface area contributed by atoms with Crippen molar-refractivity contribution in [2.24, 2.45) is 11.3 Å². The van der Waals surface area contributed by atoms with Gasteiger partial charge in [-0.2, -0.15) is 0 Å². The Bertz CT molecular complexity index is 247. The summed E-state index contributed by atoms with van der Waals surface area (Å²) in [6.07, 6.45) is 7.39. The van der Waals surface area contributed by atoms with E-state index in [0.29, 0.717) is 0 Å². The molecule has 2 saturated heterocycles. The molecule has 92 valence electrons. The fourth-order valence-corrected chi connectivity index (χ4v) is 3.97. The monoisotopic (exact) mass is 222 g/mol. The molecule has 0 amide bonds. The van der Waals surface area contributed by atoms with Crippen LogP contribution in [0.25, 0.3) is 0 Å². The zero-order chi connectivity index (χ0) is 11.2. The summed E-state index contributed by atoms with van der Waals surface area (Å²) in [7, 11) is 2.26. The van der Waals surface area contributed by atoms with Crippen LogP contribution in [0.3, 0.4) is 0 Å². The molecular weight excluding hydrogens is 196 g/mol. The number of likely N-dealkylation sites (N-methyl/N-ethyl adjacent to an activating group) is 1. The average Bonchev–Trinajstić information content (AvgIpc) is 2.63. The van der Waals surface area contributed by atoms with Crippen molar-refractivity contribution in [3.63, 3.8) is 0 Å². The maximum absolute atomic E-state index is 2.76. The first-order chi connectivity index (χ1) is 7.67. The van der Waals surface area contributed by atoms with Crippen LogP contribution < -0.4 is 0 Å². The Labute approximate surface area is 100.0 Å². The van der Waals surface area contributed by atoms with Crippen LogP contribution in [0.4, 0.5) is 0 Å². The van der Waals surface area contributed by atoms with Gasteiger partial charge in [0.1, 0.15) is 0 Å². The Hall–Kier alpha value is -0.0800. The van der Waals surface area contributed by atoms with Gasteiger partial charge in [-0.05, 0) is 44.2 Å². The van der Waals surface area contributed by atoms with Crippen LogP contribution in [-0.4, -0.2) is 49.1 Å². The molecule has 3 rings (SSSR count). The van der Waals surface area contributed by atoms with Gasteiger partial charge in [-0.1, -0.05) is 19.8 Å². The quantitative estimate of drug-likeness (QED) is 0.671. The van der Waals surface area contributed by atoms with Crippen molar-refractivity contribution in [2.75, 3.05) is 33.2 Å². The molecule has 1 spiro atoms. The van der Waals surface area contributed by atoms with E-state index in [4.69, 9.17) is 0 Å². The predicted octanol–water partition coefficient (Wildman–Crippen LogP) is 2.20. The molecule has 2 heteroatoms. The summed E-state index contributed by atoms with van der Waals surface area (Å²) in [6.45, 7) is 7.88. The van der Waals surface area contributed by atoms with Crippen LogP contribution in [0.15, 0.2) is 0 Å². The van der Waals surface area contributed by atoms with Gasteiger partial charge in [0.2, 0.25) is 0 Å². The normalized spacial score (nSPS) is 36.8. The molecular formula is C14H26N2. The first-order valence-electron chi connectivity index (χ1n) is 7.09. The van der Waals surface area contributed by atoms with E-state index in [1.807, 2.05) is 0 Å². The highest BCUT2D eigenvalue weighted by Gasteiger charge is 2.47. The lowest BCUT2D eigenvalue weighted by molar-refractivity contribution is -0.0588. The van der Waals surface area contributed by atoms with Gasteiger partial charge in [-0.3, -0.25) is 4.90 Å². The van der Waals surface area contributed by atoms with E-state index in [2.05, 4.69) is 23.8 Å². The van der Waals surface area contributed by atoms with Gasteiger partial charge in [-0.15, -0.1) is 0 Å². The molecule has 1 saturated carbocycles. The Balaban J connectivity index is 1.50. The highest BCUT2D eigenvalue weighted by molar-refractivity contribution is 5.01. The molecule has 3 fully saturated rings. The van der Waals surface area contributed by atoms with Gasteiger partial charge >= 0.3 is 0 Å². The summed E-state index contributed by atoms with van der Waals surface area (Å²) in [5.41, 5.74) is 0.758. The summed E-state index contributed by atoms with van der Waals surface area (Å²) >= 11 is 0. The zero-order valence-electron chi connectivity index (χ0n) is 10.9. The van der Waals surface area contributed by atoms with Gasteiger partial charge in [0.25, 0.3) is 0 Å². The average molecular weight is 222 g/mol. The third-order valence-corrected chi connectivity index (χ3v) is 5.29. The molecule has 0 N–H and O–H groups in total. The van der Waals surface area contributed by atoms with Gasteiger partial charge in [-0.25, -0.2) is 0 Å². The van der Waals surface area contributed by atoms with Crippen molar-refractivity contribution in [3.8, 4) is 0 Å². The van der Waals surface area contributed by atoms with Crippen molar-refractivity contribution in [2.45, 2.75) is 45.1 Å². The first-order valence-corrected chi connectivity index (χ1v) is 7.09. The van der Waals surface area contributed by atoms with E-state index in [1.54, 1.807) is 0 Å². The molecule has 2 heterocycles. The number of rotatable bonds is 1. The van der Waals surface area contributed by atoms with E-state index in [9.17, 15) is 0 Å². The highest BCUT2D eigenvalue weighted by Crippen LogP contribution is 2.46. The van der Waals surface area contributed by atoms with Crippen molar-refractivity contribution < 1.29 is 0 Å². The van der Waals surface area contributed by atoms with Crippen LogP contribution in [0.1, 0.15) is 39.0 Å². The van der Waals surface area contributed by atoms with Crippen molar-refractivity contribution in [1.82, 2.24) is 9.80 Å². The summed E-state index contributed by atoms with van der Waals surface area (Å²) in [6, 6.07) is 0.884. The lowest BCUT2D eigenvalue weighted by atomic mass is 9.66. The van der Waals surface area contributed by atoms with Crippen molar-refractivity contribution >= 4 is 0 Å². The van der Waals surface area contributed by atoms with Crippen molar-refractivity contribution in [3.05, 3.63) is 0 Å². The first kappa shape index (κ1) is 11.0. The predicted molar refractivity (Wildman–Crippen MR) is 67.5 cm³/mol. The minimum absolute atomic E-state index is 0.758. The fourth-order valence-electron chi connectivity index (χ4n) is 3.97. The summed E-state index contributed by atoms with van der Waals surface area (Å²) in [5, 5.41) is 0. The highest BCUT2D eigenvalue weighted by atomic mass is 15.3. The van der Waals surface area contributed by atoms with E-state index >= 15 is 0 Å². The lowest BCUT2D eigenvalue weighted by Gasteiger charge is -2.55. The standard InChI is InChI=1S/C14H26N2/c1-12-3-6-14(7-4-12)10-16(11-14)13-5-8-15(2)9-13/h12-13H,3-11H2,1-2H3/t13-/m1/s1. The molecule has 0 aromatic heterocycles. The molecule has 0 aromatic rings. The number of likely N-dealkylation sites (tertiary alicyclic amines) is 2. The third-order valence-electron chi connectivity index (χ3n) is 5.29. The second-order valence-electron chi connectivity index (χ2n) is 6.79. The molecule has 1 aliphatic carbocycles. The Kier molecular flexibility index (Phi) is 2.75. The molecule has 1 atom stereocenters. The fraction of sp³-hybridized carbons (Fsp3) is 1.00. The summed E-state index contributed by atoms with van der Waals surface area (Å²) in [5.74, 6) is 0.997. The molecule has 0 aromatic carbocycles. The van der Waals surface area contributed by atoms with Crippen LogP contribution >= 0.6 is 0 Å². The molecule has 0 unspecified atom stereocenters. The number of nitrogens with zero attached hydrogens (tertiary/aromatic N) is 2. The maximum Gasteiger partial charge on any atom is 0.0235 e. The van der Waals surface area contributed by atoms with Crippen LogP contribution in [-0.2, 0) is 0 Å². The van der Waals surface area contributed by atoms with Gasteiger partial charge in [0, 0.05) is 25.7 Å². The molecule has 0 bridgehead atoms. The Morgan fingerprint density at radius 2 is 1.75 bits per heavy atom. The zero-order valence-corrected chi connectivity index (χ0v) is 10.9. The van der Waals surface area contributed by atoms with Crippen LogP contribution in [0.2, 0.25) is 0 Å². The number of hydrogen-bond donors (Lipinski definition) is 0. The second kappa shape index (κ2) is 3.99. The SMILES string of the molecule is CC1CCC2(CC1)CN([C@@H]1CCN(C)C1)C2. The van der Waals surface area contributed by atoms with Crippen LogP contribution in [0, 0.1) is 11.3 Å². The maximum atomic E-state index is 2.76. The molecule has 2 nitrogen and oxygen atoms in total. The Morgan fingerprint density at radius 3 is 2.31 bits per heavy atom. The number of hydrogen-bond acceptors (Lipinski definition) is 2. The topological polar surface area (TPSA) is 6.48 Å². The van der Waals surface area contributed by atoms with Gasteiger partial charge in [0.05, 0.1) is 0 Å². The summed E-state index contributed by atoms with van der Waals surface area (Å²) < 4.78 is 0. The molecule has 16 heavy (non-hydrogen) atoms. The lowest BCUT2D eigenvalue weighted by Crippen LogP contribution is -2.61. The van der Waals surface area contributed by atoms with Gasteiger partial charge in [0.15, 0.2) is 0 Å². The van der Waals surface area contributed by atoms with Crippen molar-refractivity contribution in [1.29, 1.82) is 0 Å². The van der Waals surface area contributed by atoms with Gasteiger partial charge < -0.3 is 4.90 Å². The molecule has 2 aliphatic heterocycles. The molecule has 0 radical (unpaired) electrons. The second-order valence-corrected chi connectivity index (χ2v) is 6.79. The van der Waals surface area contributed by atoms with E-state index in [1.165, 1.54) is 58.3 Å². The Morgan fingerprint density at radius 1 is 1.06 bits per heavy atom. The van der Waals surface area contributed by atoms with E-state index in [-0.39, 0.29) is 0 Å². The van der Waals surface area contributed by atoms with E-state index < -0.39 is 0 Å². The van der Waals surface area contributed by atoms with Crippen LogP contribution in [0.5, 0.6) is 0 Å².